The molecule has 6 heteroatoms. The maximum absolute atomic E-state index is 14.2. The Morgan fingerprint density at radius 2 is 2.00 bits per heavy atom. The van der Waals surface area contributed by atoms with Crippen molar-refractivity contribution in [2.45, 2.75) is 31.6 Å². The predicted octanol–water partition coefficient (Wildman–Crippen LogP) is 2.26. The van der Waals surface area contributed by atoms with Crippen molar-refractivity contribution in [3.8, 4) is 0 Å². The molecule has 2 fully saturated rings. The van der Waals surface area contributed by atoms with E-state index in [1.54, 1.807) is 36.0 Å². The zero-order chi connectivity index (χ0) is 16.4. The number of anilines is 1. The predicted molar refractivity (Wildman–Crippen MR) is 85.1 cm³/mol. The van der Waals surface area contributed by atoms with E-state index >= 15 is 0 Å². The first-order valence-electron chi connectivity index (χ1n) is 8.09. The van der Waals surface area contributed by atoms with Crippen molar-refractivity contribution in [2.75, 3.05) is 38.8 Å². The molecule has 0 radical (unpaired) electrons. The molecular formula is C17H23FN2O3. The van der Waals surface area contributed by atoms with Gasteiger partial charge in [0, 0.05) is 26.2 Å². The van der Waals surface area contributed by atoms with Gasteiger partial charge in [0.05, 0.1) is 24.9 Å². The van der Waals surface area contributed by atoms with Crippen molar-refractivity contribution in [1.82, 2.24) is 4.90 Å². The third kappa shape index (κ3) is 3.33. The van der Waals surface area contributed by atoms with E-state index in [4.69, 9.17) is 9.47 Å². The van der Waals surface area contributed by atoms with Crippen molar-refractivity contribution in [3.05, 3.63) is 29.6 Å². The molecule has 23 heavy (non-hydrogen) atoms. The molecular weight excluding hydrogens is 299 g/mol. The summed E-state index contributed by atoms with van der Waals surface area (Å²) in [6.07, 6.45) is 2.50. The summed E-state index contributed by atoms with van der Waals surface area (Å²) < 4.78 is 25.3. The van der Waals surface area contributed by atoms with Gasteiger partial charge >= 0.3 is 0 Å². The van der Waals surface area contributed by atoms with E-state index in [1.807, 2.05) is 0 Å². The van der Waals surface area contributed by atoms with E-state index in [-0.39, 0.29) is 24.1 Å². The summed E-state index contributed by atoms with van der Waals surface area (Å²) in [4.78, 5) is 16.3. The van der Waals surface area contributed by atoms with E-state index in [2.05, 4.69) is 0 Å². The van der Waals surface area contributed by atoms with Crippen molar-refractivity contribution in [1.29, 1.82) is 0 Å². The Labute approximate surface area is 136 Å². The number of piperidine rings is 1. The van der Waals surface area contributed by atoms with E-state index in [0.717, 1.165) is 19.3 Å². The lowest BCUT2D eigenvalue weighted by atomic mass is 10.00. The summed E-state index contributed by atoms with van der Waals surface area (Å²) in [6, 6.07) is 4.56. The Hall–Kier alpha value is -1.66. The molecule has 1 atom stereocenters. The van der Waals surface area contributed by atoms with Gasteiger partial charge in [0.1, 0.15) is 5.82 Å². The number of hydrogen-bond donors (Lipinski definition) is 0. The Morgan fingerprint density at radius 1 is 1.26 bits per heavy atom. The van der Waals surface area contributed by atoms with Crippen LogP contribution in [0.2, 0.25) is 0 Å². The maximum atomic E-state index is 14.2. The molecule has 2 aliphatic rings. The second-order valence-electron chi connectivity index (χ2n) is 6.23. The highest BCUT2D eigenvalue weighted by molar-refractivity contribution is 5.95. The van der Waals surface area contributed by atoms with E-state index in [0.29, 0.717) is 31.0 Å². The van der Waals surface area contributed by atoms with E-state index in [1.165, 1.54) is 6.07 Å². The highest BCUT2D eigenvalue weighted by Gasteiger charge is 2.36. The number of likely N-dealkylation sites (tertiary alicyclic amines) is 1. The minimum absolute atomic E-state index is 0.0877. The number of carbonyl (C=O) groups excluding carboxylic acids is 1. The molecule has 2 heterocycles. The van der Waals surface area contributed by atoms with Crippen molar-refractivity contribution in [3.63, 3.8) is 0 Å². The molecule has 3 rings (SSSR count). The molecule has 1 aromatic rings. The SMILES string of the molecule is CN(C)c1ccc(C(=O)N2CCCCC2C2OCCO2)cc1F. The summed E-state index contributed by atoms with van der Waals surface area (Å²) in [5.74, 6) is -0.541. The average Bonchev–Trinajstić information content (AvgIpc) is 3.08. The molecule has 0 saturated carbocycles. The standard InChI is InChI=1S/C17H23FN2O3/c1-19(2)14-7-6-12(11-13(14)18)16(21)20-8-4-3-5-15(20)17-22-9-10-23-17/h6-7,11,15,17H,3-5,8-10H2,1-2H3. The van der Waals surface area contributed by atoms with Gasteiger partial charge in [-0.15, -0.1) is 0 Å². The number of rotatable bonds is 3. The van der Waals surface area contributed by atoms with Gasteiger partial charge in [0.2, 0.25) is 0 Å². The van der Waals surface area contributed by atoms with Gasteiger partial charge in [0.25, 0.3) is 5.91 Å². The first-order valence-corrected chi connectivity index (χ1v) is 8.09. The lowest BCUT2D eigenvalue weighted by molar-refractivity contribution is -0.100. The summed E-state index contributed by atoms with van der Waals surface area (Å²) >= 11 is 0. The van der Waals surface area contributed by atoms with Crippen molar-refractivity contribution < 1.29 is 18.7 Å². The van der Waals surface area contributed by atoms with Gasteiger partial charge in [0.15, 0.2) is 6.29 Å². The number of amides is 1. The van der Waals surface area contributed by atoms with Crippen LogP contribution in [0, 0.1) is 5.82 Å². The number of nitrogens with zero attached hydrogens (tertiary/aromatic N) is 2. The van der Waals surface area contributed by atoms with Gasteiger partial charge in [-0.05, 0) is 37.5 Å². The second kappa shape index (κ2) is 6.84. The molecule has 0 N–H and O–H groups in total. The molecule has 0 spiro atoms. The van der Waals surface area contributed by atoms with E-state index < -0.39 is 0 Å². The fraction of sp³-hybridized carbons (Fsp3) is 0.588. The summed E-state index contributed by atoms with van der Waals surface area (Å²) in [6.45, 7) is 1.79. The molecule has 2 saturated heterocycles. The molecule has 1 aromatic carbocycles. The van der Waals surface area contributed by atoms with Crippen LogP contribution in [0.1, 0.15) is 29.6 Å². The minimum atomic E-state index is -0.386. The molecule has 0 aromatic heterocycles. The Kier molecular flexibility index (Phi) is 4.82. The minimum Gasteiger partial charge on any atom is -0.375 e. The Morgan fingerprint density at radius 3 is 2.65 bits per heavy atom. The maximum Gasteiger partial charge on any atom is 0.254 e. The number of carbonyl (C=O) groups is 1. The number of halogens is 1. The van der Waals surface area contributed by atoms with Crippen LogP contribution >= 0.6 is 0 Å². The molecule has 1 unspecified atom stereocenters. The number of hydrogen-bond acceptors (Lipinski definition) is 4. The lowest BCUT2D eigenvalue weighted by Crippen LogP contribution is -2.50. The molecule has 0 bridgehead atoms. The Bertz CT molecular complexity index is 573. The zero-order valence-electron chi connectivity index (χ0n) is 13.6. The molecule has 2 aliphatic heterocycles. The van der Waals surface area contributed by atoms with Gasteiger partial charge in [-0.1, -0.05) is 0 Å². The zero-order valence-corrected chi connectivity index (χ0v) is 13.6. The fourth-order valence-corrected chi connectivity index (χ4v) is 3.26. The summed E-state index contributed by atoms with van der Waals surface area (Å²) in [7, 11) is 3.55. The monoisotopic (exact) mass is 322 g/mol. The van der Waals surface area contributed by atoms with Crippen LogP contribution < -0.4 is 4.90 Å². The van der Waals surface area contributed by atoms with Gasteiger partial charge in [-0.2, -0.15) is 0 Å². The van der Waals surface area contributed by atoms with Crippen LogP contribution in [-0.4, -0.2) is 57.0 Å². The van der Waals surface area contributed by atoms with Crippen LogP contribution in [-0.2, 0) is 9.47 Å². The number of ether oxygens (including phenoxy) is 2. The molecule has 5 nitrogen and oxygen atoms in total. The van der Waals surface area contributed by atoms with Gasteiger partial charge in [-0.3, -0.25) is 4.79 Å². The second-order valence-corrected chi connectivity index (χ2v) is 6.23. The lowest BCUT2D eigenvalue weighted by Gasteiger charge is -2.38. The van der Waals surface area contributed by atoms with Crippen molar-refractivity contribution >= 4 is 11.6 Å². The van der Waals surface area contributed by atoms with Gasteiger partial charge < -0.3 is 19.3 Å². The van der Waals surface area contributed by atoms with Gasteiger partial charge in [-0.25, -0.2) is 4.39 Å². The third-order valence-corrected chi connectivity index (χ3v) is 4.45. The highest BCUT2D eigenvalue weighted by Crippen LogP contribution is 2.27. The Balaban J connectivity index is 1.81. The topological polar surface area (TPSA) is 42.0 Å². The normalized spacial score (nSPS) is 22.4. The van der Waals surface area contributed by atoms with Crippen LogP contribution in [0.5, 0.6) is 0 Å². The smallest absolute Gasteiger partial charge is 0.254 e. The highest BCUT2D eigenvalue weighted by atomic mass is 19.1. The molecule has 126 valence electrons. The van der Waals surface area contributed by atoms with Crippen LogP contribution in [0.4, 0.5) is 10.1 Å². The van der Waals surface area contributed by atoms with Crippen LogP contribution in [0.25, 0.3) is 0 Å². The fourth-order valence-electron chi connectivity index (χ4n) is 3.26. The molecule has 1 amide bonds. The quantitative estimate of drug-likeness (QED) is 0.856. The summed E-state index contributed by atoms with van der Waals surface area (Å²) in [5, 5.41) is 0. The number of benzene rings is 1. The van der Waals surface area contributed by atoms with Crippen LogP contribution in [0.3, 0.4) is 0 Å². The van der Waals surface area contributed by atoms with Crippen molar-refractivity contribution in [2.24, 2.45) is 0 Å². The summed E-state index contributed by atoms with van der Waals surface area (Å²) in [5.41, 5.74) is 0.845. The molecule has 0 aliphatic carbocycles. The largest absolute Gasteiger partial charge is 0.375 e. The first-order chi connectivity index (χ1) is 11.1. The average molecular weight is 322 g/mol. The van der Waals surface area contributed by atoms with Crippen LogP contribution in [0.15, 0.2) is 18.2 Å². The first kappa shape index (κ1) is 16.2. The van der Waals surface area contributed by atoms with E-state index in [9.17, 15) is 9.18 Å². The third-order valence-electron chi connectivity index (χ3n) is 4.45.